The molecule has 10 atom stereocenters. The first-order valence-corrected chi connectivity index (χ1v) is 13.5. The minimum absolute atomic E-state index is 0.0757. The number of fused-ring (bicyclic) bond motifs is 1. The molecule has 0 bridgehead atoms. The van der Waals surface area contributed by atoms with Crippen LogP contribution in [-0.2, 0) is 14.2 Å². The molecule has 0 radical (unpaired) electrons. The van der Waals surface area contributed by atoms with Crippen LogP contribution in [0.25, 0.3) is 22.3 Å². The molecule has 2 saturated heterocycles. The highest BCUT2D eigenvalue weighted by Crippen LogP contribution is 2.44. The van der Waals surface area contributed by atoms with E-state index in [2.05, 4.69) is 0 Å². The Hall–Kier alpha value is -3.91. The maximum Gasteiger partial charge on any atom is 0.239 e. The van der Waals surface area contributed by atoms with Crippen molar-refractivity contribution in [2.45, 2.75) is 68.3 Å². The molecular formula is C28H32O17. The number of hydrogen-bond donors (Lipinski definition) is 10. The van der Waals surface area contributed by atoms with Gasteiger partial charge in [-0.3, -0.25) is 4.79 Å². The number of hydrogen-bond acceptors (Lipinski definition) is 17. The monoisotopic (exact) mass is 640 g/mol. The molecule has 0 amide bonds. The third kappa shape index (κ3) is 5.81. The second kappa shape index (κ2) is 12.5. The SMILES string of the molecule is COc1c(O)cc(O)c2c(=O)c(OC3OC(COC4OC(C)C(O)C(O)C4O)C(O)C(O)C3O)c(-c3ccc(O)c(O)c3)oc12. The lowest BCUT2D eigenvalue weighted by atomic mass is 9.98. The third-order valence-corrected chi connectivity index (χ3v) is 7.62. The zero-order chi connectivity index (χ0) is 32.9. The number of methoxy groups -OCH3 is 1. The summed E-state index contributed by atoms with van der Waals surface area (Å²) < 4.78 is 33.1. The van der Waals surface area contributed by atoms with Crippen molar-refractivity contribution in [3.63, 3.8) is 0 Å². The highest BCUT2D eigenvalue weighted by molar-refractivity contribution is 5.93. The highest BCUT2D eigenvalue weighted by Gasteiger charge is 2.48. The molecule has 0 saturated carbocycles. The zero-order valence-electron chi connectivity index (χ0n) is 23.6. The Kier molecular flexibility index (Phi) is 9.00. The summed E-state index contributed by atoms with van der Waals surface area (Å²) in [7, 11) is 1.16. The van der Waals surface area contributed by atoms with Gasteiger partial charge in [0.25, 0.3) is 0 Å². The predicted molar refractivity (Wildman–Crippen MR) is 147 cm³/mol. The van der Waals surface area contributed by atoms with Crippen LogP contribution in [0.5, 0.6) is 34.5 Å². The lowest BCUT2D eigenvalue weighted by Crippen LogP contribution is -2.61. The van der Waals surface area contributed by atoms with Gasteiger partial charge < -0.3 is 79.2 Å². The molecule has 3 heterocycles. The summed E-state index contributed by atoms with van der Waals surface area (Å²) in [5.74, 6) is -4.04. The summed E-state index contributed by atoms with van der Waals surface area (Å²) in [5, 5.41) is 102. The first-order valence-electron chi connectivity index (χ1n) is 13.5. The van der Waals surface area contributed by atoms with E-state index < -0.39 is 119 Å². The molecule has 2 aromatic carbocycles. The number of phenols is 4. The largest absolute Gasteiger partial charge is 0.507 e. The summed E-state index contributed by atoms with van der Waals surface area (Å²) >= 11 is 0. The van der Waals surface area contributed by atoms with Crippen molar-refractivity contribution in [3.05, 3.63) is 34.5 Å². The third-order valence-electron chi connectivity index (χ3n) is 7.62. The first kappa shape index (κ1) is 32.5. The Morgan fingerprint density at radius 2 is 1.40 bits per heavy atom. The Morgan fingerprint density at radius 1 is 0.733 bits per heavy atom. The average molecular weight is 641 g/mol. The summed E-state index contributed by atoms with van der Waals surface area (Å²) in [4.78, 5) is 13.8. The quantitative estimate of drug-likeness (QED) is 0.129. The van der Waals surface area contributed by atoms with Gasteiger partial charge in [0, 0.05) is 11.6 Å². The van der Waals surface area contributed by atoms with Gasteiger partial charge in [-0.25, -0.2) is 0 Å². The van der Waals surface area contributed by atoms with Gasteiger partial charge in [-0.15, -0.1) is 0 Å². The molecule has 2 fully saturated rings. The Balaban J connectivity index is 1.52. The second-order valence-corrected chi connectivity index (χ2v) is 10.6. The Bertz CT molecular complexity index is 1610. The molecule has 3 aromatic rings. The molecule has 10 N–H and O–H groups in total. The van der Waals surface area contributed by atoms with E-state index in [-0.39, 0.29) is 11.3 Å². The van der Waals surface area contributed by atoms with Gasteiger partial charge in [-0.2, -0.15) is 0 Å². The van der Waals surface area contributed by atoms with E-state index in [1.165, 1.54) is 13.0 Å². The molecule has 10 unspecified atom stereocenters. The highest BCUT2D eigenvalue weighted by atomic mass is 16.7. The van der Waals surface area contributed by atoms with Gasteiger partial charge >= 0.3 is 0 Å². The van der Waals surface area contributed by atoms with Crippen LogP contribution in [0.1, 0.15) is 6.92 Å². The van der Waals surface area contributed by atoms with Gasteiger partial charge in [-0.1, -0.05) is 0 Å². The first-order chi connectivity index (χ1) is 21.2. The van der Waals surface area contributed by atoms with Crippen molar-refractivity contribution in [1.29, 1.82) is 0 Å². The fourth-order valence-corrected chi connectivity index (χ4v) is 5.06. The van der Waals surface area contributed by atoms with Crippen molar-refractivity contribution < 1.29 is 79.2 Å². The van der Waals surface area contributed by atoms with Gasteiger partial charge in [0.2, 0.25) is 23.2 Å². The number of rotatable bonds is 7. The lowest BCUT2D eigenvalue weighted by molar-refractivity contribution is -0.318. The summed E-state index contributed by atoms with van der Waals surface area (Å²) in [6, 6.07) is 4.09. The van der Waals surface area contributed by atoms with Gasteiger partial charge in [0.05, 0.1) is 19.8 Å². The summed E-state index contributed by atoms with van der Waals surface area (Å²) in [6.07, 6.45) is -16.3. The number of ether oxygens (including phenoxy) is 5. The van der Waals surface area contributed by atoms with Crippen LogP contribution in [0.3, 0.4) is 0 Å². The van der Waals surface area contributed by atoms with E-state index in [4.69, 9.17) is 28.1 Å². The van der Waals surface area contributed by atoms with Crippen molar-refractivity contribution in [2.75, 3.05) is 13.7 Å². The standard InChI is InChI=1S/C28H32O17/c1-8-16(33)19(36)21(38)27(42-8)41-7-14-17(34)20(37)22(39)28(43-14)45-26-18(35)15-12(31)6-13(32)24(40-2)25(15)44-23(26)9-3-4-10(29)11(30)5-9/h3-6,8,14,16-17,19-22,27-34,36-39H,7H2,1-2H3. The summed E-state index contributed by atoms with van der Waals surface area (Å²) in [5.41, 5.74) is -1.60. The van der Waals surface area contributed by atoms with Gasteiger partial charge in [0.15, 0.2) is 34.9 Å². The topological polar surface area (TPSA) is 279 Å². The zero-order valence-corrected chi connectivity index (χ0v) is 23.6. The van der Waals surface area contributed by atoms with Gasteiger partial charge in [0.1, 0.15) is 53.9 Å². The number of aliphatic hydroxyl groups excluding tert-OH is 6. The summed E-state index contributed by atoms with van der Waals surface area (Å²) in [6.45, 7) is 0.797. The van der Waals surface area contributed by atoms with Crippen LogP contribution in [0, 0.1) is 0 Å². The molecule has 2 aliphatic rings. The molecule has 5 rings (SSSR count). The predicted octanol–water partition coefficient (Wildman–Crippen LogP) is -1.68. The minimum Gasteiger partial charge on any atom is -0.507 e. The van der Waals surface area contributed by atoms with E-state index in [9.17, 15) is 55.9 Å². The van der Waals surface area contributed by atoms with E-state index in [0.717, 1.165) is 25.3 Å². The van der Waals surface area contributed by atoms with Crippen LogP contribution < -0.4 is 14.9 Å². The van der Waals surface area contributed by atoms with Crippen LogP contribution >= 0.6 is 0 Å². The van der Waals surface area contributed by atoms with Crippen molar-refractivity contribution in [3.8, 4) is 45.8 Å². The maximum atomic E-state index is 13.8. The number of aliphatic hydroxyl groups is 6. The number of aromatic hydroxyl groups is 4. The smallest absolute Gasteiger partial charge is 0.239 e. The van der Waals surface area contributed by atoms with Crippen LogP contribution in [-0.4, -0.2) is 126 Å². The molecule has 17 nitrogen and oxygen atoms in total. The normalized spacial score (nSPS) is 32.0. The molecule has 0 aliphatic carbocycles. The Labute approximate surface area is 252 Å². The number of phenolic OH excluding ortho intramolecular Hbond substituents is 4. The Morgan fingerprint density at radius 3 is 2.07 bits per heavy atom. The number of benzene rings is 2. The fourth-order valence-electron chi connectivity index (χ4n) is 5.06. The molecule has 17 heteroatoms. The van der Waals surface area contributed by atoms with Crippen molar-refractivity contribution in [1.82, 2.24) is 0 Å². The fraction of sp³-hybridized carbons (Fsp3) is 0.464. The molecule has 45 heavy (non-hydrogen) atoms. The van der Waals surface area contributed by atoms with Crippen LogP contribution in [0.15, 0.2) is 33.5 Å². The second-order valence-electron chi connectivity index (χ2n) is 10.6. The van der Waals surface area contributed by atoms with Crippen LogP contribution in [0.4, 0.5) is 0 Å². The van der Waals surface area contributed by atoms with E-state index in [1.54, 1.807) is 0 Å². The minimum atomic E-state index is -2.00. The molecule has 2 aliphatic heterocycles. The molecular weight excluding hydrogens is 608 g/mol. The van der Waals surface area contributed by atoms with Gasteiger partial charge in [-0.05, 0) is 25.1 Å². The van der Waals surface area contributed by atoms with Crippen LogP contribution in [0.2, 0.25) is 0 Å². The molecule has 1 aromatic heterocycles. The van der Waals surface area contributed by atoms with Crippen molar-refractivity contribution >= 4 is 11.0 Å². The lowest BCUT2D eigenvalue weighted by Gasteiger charge is -2.42. The van der Waals surface area contributed by atoms with E-state index in [0.29, 0.717) is 0 Å². The van der Waals surface area contributed by atoms with E-state index in [1.807, 2.05) is 0 Å². The van der Waals surface area contributed by atoms with Crippen molar-refractivity contribution in [2.24, 2.45) is 0 Å². The average Bonchev–Trinajstić information content (AvgIpc) is 3.00. The van der Waals surface area contributed by atoms with E-state index >= 15 is 0 Å². The maximum absolute atomic E-state index is 13.8. The molecule has 0 spiro atoms. The molecule has 246 valence electrons.